The molecule has 110 valence electrons. The van der Waals surface area contributed by atoms with Crippen molar-refractivity contribution in [2.45, 2.75) is 18.2 Å². The van der Waals surface area contributed by atoms with Gasteiger partial charge in [-0.3, -0.25) is 9.82 Å². The largest absolute Gasteiger partial charge is 0.320 e. The van der Waals surface area contributed by atoms with Crippen molar-refractivity contribution in [3.8, 4) is 11.8 Å². The van der Waals surface area contributed by atoms with Gasteiger partial charge in [0.2, 0.25) is 0 Å². The van der Waals surface area contributed by atoms with Crippen LogP contribution in [0.2, 0.25) is 0 Å². The Morgan fingerprint density at radius 2 is 2.24 bits per heavy atom. The minimum absolute atomic E-state index is 0.0940. The van der Waals surface area contributed by atoms with Crippen LogP contribution in [0.1, 0.15) is 18.1 Å². The maximum absolute atomic E-state index is 12.2. The summed E-state index contributed by atoms with van der Waals surface area (Å²) in [6.45, 7) is 2.24. The third-order valence-electron chi connectivity index (χ3n) is 2.85. The second kappa shape index (κ2) is 6.43. The molecule has 0 spiro atoms. The van der Waals surface area contributed by atoms with Crippen molar-refractivity contribution >= 4 is 15.7 Å². The molecule has 21 heavy (non-hydrogen) atoms. The van der Waals surface area contributed by atoms with E-state index in [1.165, 1.54) is 12.4 Å². The highest BCUT2D eigenvalue weighted by Gasteiger charge is 2.16. The molecule has 6 nitrogen and oxygen atoms in total. The zero-order chi connectivity index (χ0) is 15.3. The molecule has 0 radical (unpaired) electrons. The lowest BCUT2D eigenvalue weighted by atomic mass is 10.1. The van der Waals surface area contributed by atoms with Crippen LogP contribution < -0.4 is 10.5 Å². The molecular weight excluding hydrogens is 288 g/mol. The first kappa shape index (κ1) is 15.1. The van der Waals surface area contributed by atoms with Crippen LogP contribution in [-0.2, 0) is 16.4 Å². The van der Waals surface area contributed by atoms with E-state index < -0.39 is 10.0 Å². The Morgan fingerprint density at radius 1 is 1.43 bits per heavy atom. The lowest BCUT2D eigenvalue weighted by Crippen LogP contribution is -2.13. The summed E-state index contributed by atoms with van der Waals surface area (Å²) in [6.07, 6.45) is 3.27. The molecule has 0 saturated heterocycles. The van der Waals surface area contributed by atoms with Gasteiger partial charge in [-0.15, -0.1) is 0 Å². The smallest absolute Gasteiger partial charge is 0.265 e. The van der Waals surface area contributed by atoms with Crippen LogP contribution in [0, 0.1) is 11.8 Å². The molecule has 4 N–H and O–H groups in total. The van der Waals surface area contributed by atoms with Crippen molar-refractivity contribution in [3.05, 3.63) is 41.7 Å². The molecule has 0 fully saturated rings. The number of rotatable bonds is 4. The van der Waals surface area contributed by atoms with Crippen LogP contribution in [0.15, 0.2) is 35.5 Å². The minimum Gasteiger partial charge on any atom is -0.320 e. The van der Waals surface area contributed by atoms with Crippen molar-refractivity contribution in [2.24, 2.45) is 5.73 Å². The second-order valence-electron chi connectivity index (χ2n) is 4.27. The van der Waals surface area contributed by atoms with Crippen LogP contribution >= 0.6 is 0 Å². The Kier molecular flexibility index (Phi) is 4.62. The number of sulfonamides is 1. The molecule has 0 aliphatic heterocycles. The Labute approximate surface area is 123 Å². The first-order chi connectivity index (χ1) is 10.1. The molecule has 0 unspecified atom stereocenters. The standard InChI is InChI=1S/C14H16N4O2S/c1-2-12-8-11(4-3-7-15)5-6-14(12)18-21(19,20)13-9-16-17-10-13/h5-6,8-10,18H,2,7,15H2,1H3,(H,16,17). The van der Waals surface area contributed by atoms with Crippen molar-refractivity contribution in [1.29, 1.82) is 0 Å². The maximum atomic E-state index is 12.2. The fourth-order valence-electron chi connectivity index (χ4n) is 1.81. The number of H-pyrrole nitrogens is 1. The minimum atomic E-state index is -3.63. The molecule has 0 saturated carbocycles. The quantitative estimate of drug-likeness (QED) is 0.736. The van der Waals surface area contributed by atoms with Gasteiger partial charge >= 0.3 is 0 Å². The van der Waals surface area contributed by atoms with E-state index in [1.54, 1.807) is 12.1 Å². The van der Waals surface area contributed by atoms with Gasteiger partial charge in [0.15, 0.2) is 0 Å². The number of hydrogen-bond acceptors (Lipinski definition) is 4. The first-order valence-electron chi connectivity index (χ1n) is 6.40. The summed E-state index contributed by atoms with van der Waals surface area (Å²) in [6, 6.07) is 5.32. The molecule has 0 aliphatic rings. The fourth-order valence-corrected chi connectivity index (χ4v) is 2.81. The summed E-state index contributed by atoms with van der Waals surface area (Å²) in [7, 11) is -3.63. The fraction of sp³-hybridized carbons (Fsp3) is 0.214. The zero-order valence-electron chi connectivity index (χ0n) is 11.6. The van der Waals surface area contributed by atoms with E-state index >= 15 is 0 Å². The lowest BCUT2D eigenvalue weighted by Gasteiger charge is -2.11. The molecular formula is C14H16N4O2S. The molecule has 2 rings (SSSR count). The molecule has 0 atom stereocenters. The number of benzene rings is 1. The number of aromatic amines is 1. The third-order valence-corrected chi connectivity index (χ3v) is 4.18. The SMILES string of the molecule is CCc1cc(C#CCN)ccc1NS(=O)(=O)c1cn[nH]c1. The Bertz CT molecular complexity index is 771. The van der Waals surface area contributed by atoms with Crippen LogP contribution in [-0.4, -0.2) is 25.2 Å². The normalized spacial score (nSPS) is 10.8. The highest BCUT2D eigenvalue weighted by atomic mass is 32.2. The van der Waals surface area contributed by atoms with E-state index in [0.717, 1.165) is 11.1 Å². The number of aryl methyl sites for hydroxylation is 1. The highest BCUT2D eigenvalue weighted by molar-refractivity contribution is 7.92. The van der Waals surface area contributed by atoms with Crippen LogP contribution in [0.3, 0.4) is 0 Å². The van der Waals surface area contributed by atoms with E-state index in [4.69, 9.17) is 5.73 Å². The summed E-state index contributed by atoms with van der Waals surface area (Å²) >= 11 is 0. The molecule has 1 heterocycles. The molecule has 0 amide bonds. The van der Waals surface area contributed by atoms with Gasteiger partial charge in [0.25, 0.3) is 10.0 Å². The van der Waals surface area contributed by atoms with Crippen molar-refractivity contribution in [3.63, 3.8) is 0 Å². The molecule has 0 aliphatic carbocycles. The van der Waals surface area contributed by atoms with Gasteiger partial charge in [-0.25, -0.2) is 8.42 Å². The van der Waals surface area contributed by atoms with E-state index in [0.29, 0.717) is 12.1 Å². The van der Waals surface area contributed by atoms with Crippen molar-refractivity contribution in [1.82, 2.24) is 10.2 Å². The second-order valence-corrected chi connectivity index (χ2v) is 5.95. The third kappa shape index (κ3) is 3.62. The number of anilines is 1. The monoisotopic (exact) mass is 304 g/mol. The lowest BCUT2D eigenvalue weighted by molar-refractivity contribution is 0.601. The van der Waals surface area contributed by atoms with Crippen molar-refractivity contribution in [2.75, 3.05) is 11.3 Å². The summed E-state index contributed by atoms with van der Waals surface area (Å²) in [5.41, 5.74) is 7.55. The predicted molar refractivity (Wildman–Crippen MR) is 81.1 cm³/mol. The summed E-state index contributed by atoms with van der Waals surface area (Å²) in [4.78, 5) is 0.0940. The molecule has 2 aromatic rings. The van der Waals surface area contributed by atoms with Crippen LogP contribution in [0.4, 0.5) is 5.69 Å². The number of hydrogen-bond donors (Lipinski definition) is 3. The first-order valence-corrected chi connectivity index (χ1v) is 7.88. The average molecular weight is 304 g/mol. The van der Waals surface area contributed by atoms with Gasteiger partial charge in [-0.05, 0) is 30.2 Å². The predicted octanol–water partition coefficient (Wildman–Crippen LogP) is 1.08. The van der Waals surface area contributed by atoms with Crippen molar-refractivity contribution < 1.29 is 8.42 Å². The number of nitrogens with one attached hydrogen (secondary N) is 2. The van der Waals surface area contributed by atoms with Crippen LogP contribution in [0.25, 0.3) is 0 Å². The topological polar surface area (TPSA) is 101 Å². The maximum Gasteiger partial charge on any atom is 0.265 e. The number of nitrogens with two attached hydrogens (primary N) is 1. The van der Waals surface area contributed by atoms with Gasteiger partial charge in [-0.1, -0.05) is 18.8 Å². The van der Waals surface area contributed by atoms with Crippen LogP contribution in [0.5, 0.6) is 0 Å². The summed E-state index contributed by atoms with van der Waals surface area (Å²) in [5, 5.41) is 6.13. The summed E-state index contributed by atoms with van der Waals surface area (Å²) in [5.74, 6) is 5.70. The molecule has 0 bridgehead atoms. The highest BCUT2D eigenvalue weighted by Crippen LogP contribution is 2.21. The number of nitrogens with zero attached hydrogens (tertiary/aromatic N) is 1. The van der Waals surface area contributed by atoms with Gasteiger partial charge < -0.3 is 5.73 Å². The van der Waals surface area contributed by atoms with Gasteiger partial charge in [0, 0.05) is 11.8 Å². The van der Waals surface area contributed by atoms with Gasteiger partial charge in [0.05, 0.1) is 18.4 Å². The Morgan fingerprint density at radius 3 is 2.86 bits per heavy atom. The Balaban J connectivity index is 2.32. The van der Waals surface area contributed by atoms with Gasteiger partial charge in [0.1, 0.15) is 4.90 Å². The zero-order valence-corrected chi connectivity index (χ0v) is 12.4. The summed E-state index contributed by atoms with van der Waals surface area (Å²) < 4.78 is 26.9. The molecule has 1 aromatic carbocycles. The average Bonchev–Trinajstić information content (AvgIpc) is 3.01. The number of aromatic nitrogens is 2. The van der Waals surface area contributed by atoms with E-state index in [9.17, 15) is 8.42 Å². The van der Waals surface area contributed by atoms with E-state index in [1.807, 2.05) is 13.0 Å². The Hall–Kier alpha value is -2.30. The van der Waals surface area contributed by atoms with E-state index in [-0.39, 0.29) is 11.4 Å². The molecule has 1 aromatic heterocycles. The van der Waals surface area contributed by atoms with Gasteiger partial charge in [-0.2, -0.15) is 5.10 Å². The molecule has 7 heteroatoms. The van der Waals surface area contributed by atoms with E-state index in [2.05, 4.69) is 26.8 Å².